The summed E-state index contributed by atoms with van der Waals surface area (Å²) in [4.78, 5) is 10.8. The molecule has 0 saturated heterocycles. The number of hydrogen-bond donors (Lipinski definition) is 3. The molecule has 3 aromatic carbocycles. The lowest BCUT2D eigenvalue weighted by Gasteiger charge is -2.09. The molecule has 3 rings (SSSR count). The standard InChI is InChI=1S/C21H18N4O4/c26-18-12-6-4-10-16(18)22-24-21(15-8-2-1-3-9-15)25-23-17-11-5-7-13-19(17)29-14-20(27)28/h1-13,23,26H,14H2,(H,27,28)/b24-22?,25-21+. The number of ether oxygens (including phenoxy) is 1. The minimum atomic E-state index is -1.08. The molecule has 8 nitrogen and oxygen atoms in total. The van der Waals surface area contributed by atoms with Crippen LogP contribution in [0.5, 0.6) is 11.5 Å². The lowest BCUT2D eigenvalue weighted by Crippen LogP contribution is -2.10. The maximum Gasteiger partial charge on any atom is 0.341 e. The number of hydrogen-bond acceptors (Lipinski definition) is 6. The van der Waals surface area contributed by atoms with Gasteiger partial charge in [-0.3, -0.25) is 5.43 Å². The number of benzene rings is 3. The summed E-state index contributed by atoms with van der Waals surface area (Å²) in [6.45, 7) is -0.471. The Balaban J connectivity index is 1.89. The molecule has 0 spiro atoms. The Hall–Kier alpha value is -4.20. The third kappa shape index (κ3) is 5.64. The number of aromatic hydroxyl groups is 1. The summed E-state index contributed by atoms with van der Waals surface area (Å²) in [5.74, 6) is -0.473. The van der Waals surface area contributed by atoms with Crippen molar-refractivity contribution < 1.29 is 19.7 Å². The lowest BCUT2D eigenvalue weighted by molar-refractivity contribution is -0.139. The number of hydrazone groups is 1. The number of carboxylic acids is 1. The van der Waals surface area contributed by atoms with Crippen LogP contribution in [-0.2, 0) is 4.79 Å². The first-order chi connectivity index (χ1) is 14.1. The number of rotatable bonds is 7. The average Bonchev–Trinajstić information content (AvgIpc) is 2.74. The molecule has 29 heavy (non-hydrogen) atoms. The smallest absolute Gasteiger partial charge is 0.341 e. The predicted octanol–water partition coefficient (Wildman–Crippen LogP) is 4.41. The van der Waals surface area contributed by atoms with Gasteiger partial charge in [0.25, 0.3) is 0 Å². The Bertz CT molecular complexity index is 1040. The van der Waals surface area contributed by atoms with Crippen molar-refractivity contribution in [3.63, 3.8) is 0 Å². The van der Waals surface area contributed by atoms with Gasteiger partial charge in [0.15, 0.2) is 6.61 Å². The van der Waals surface area contributed by atoms with Gasteiger partial charge in [0.1, 0.15) is 17.2 Å². The quantitative estimate of drug-likeness (QED) is 0.239. The highest BCUT2D eigenvalue weighted by Crippen LogP contribution is 2.26. The molecular weight excluding hydrogens is 372 g/mol. The number of para-hydroxylation sites is 3. The summed E-state index contributed by atoms with van der Waals surface area (Å²) in [5, 5.41) is 31.2. The Kier molecular flexibility index (Phi) is 6.51. The summed E-state index contributed by atoms with van der Waals surface area (Å²) < 4.78 is 5.26. The minimum Gasteiger partial charge on any atom is -0.506 e. The van der Waals surface area contributed by atoms with Crippen LogP contribution in [0.15, 0.2) is 94.2 Å². The van der Waals surface area contributed by atoms with Crippen LogP contribution in [0.1, 0.15) is 5.56 Å². The number of carbonyl (C=O) groups is 1. The fourth-order valence-electron chi connectivity index (χ4n) is 2.32. The van der Waals surface area contributed by atoms with E-state index in [1.54, 1.807) is 42.5 Å². The molecule has 0 radical (unpaired) electrons. The van der Waals surface area contributed by atoms with Gasteiger partial charge in [-0.25, -0.2) is 4.79 Å². The fourth-order valence-corrected chi connectivity index (χ4v) is 2.32. The average molecular weight is 390 g/mol. The van der Waals surface area contributed by atoms with Gasteiger partial charge >= 0.3 is 5.97 Å². The zero-order valence-corrected chi connectivity index (χ0v) is 15.3. The van der Waals surface area contributed by atoms with Crippen LogP contribution in [0.25, 0.3) is 0 Å². The monoisotopic (exact) mass is 390 g/mol. The first-order valence-electron chi connectivity index (χ1n) is 8.66. The largest absolute Gasteiger partial charge is 0.506 e. The Labute approximate surface area is 166 Å². The molecule has 0 aliphatic rings. The van der Waals surface area contributed by atoms with Crippen LogP contribution in [-0.4, -0.2) is 28.6 Å². The number of aliphatic carboxylic acids is 1. The number of carboxylic acid groups (broad SMARTS) is 1. The maximum atomic E-state index is 10.8. The number of amidine groups is 1. The molecule has 8 heteroatoms. The first-order valence-corrected chi connectivity index (χ1v) is 8.66. The van der Waals surface area contributed by atoms with Crippen LogP contribution >= 0.6 is 0 Å². The van der Waals surface area contributed by atoms with Gasteiger partial charge in [-0.1, -0.05) is 54.6 Å². The van der Waals surface area contributed by atoms with Crippen molar-refractivity contribution in [3.05, 3.63) is 84.4 Å². The topological polar surface area (TPSA) is 116 Å². The van der Waals surface area contributed by atoms with E-state index in [2.05, 4.69) is 20.8 Å². The second-order valence-electron chi connectivity index (χ2n) is 5.78. The van der Waals surface area contributed by atoms with Gasteiger partial charge in [0, 0.05) is 5.56 Å². The highest BCUT2D eigenvalue weighted by molar-refractivity contribution is 5.99. The van der Waals surface area contributed by atoms with Gasteiger partial charge in [0.05, 0.1) is 5.69 Å². The zero-order chi connectivity index (χ0) is 20.5. The molecule has 0 fully saturated rings. The Morgan fingerprint density at radius 2 is 1.62 bits per heavy atom. The van der Waals surface area contributed by atoms with Crippen LogP contribution in [0, 0.1) is 0 Å². The fraction of sp³-hybridized carbons (Fsp3) is 0.0476. The van der Waals surface area contributed by atoms with Gasteiger partial charge in [-0.15, -0.1) is 10.2 Å². The van der Waals surface area contributed by atoms with Gasteiger partial charge in [-0.2, -0.15) is 5.10 Å². The Morgan fingerprint density at radius 1 is 0.931 bits per heavy atom. The van der Waals surface area contributed by atoms with Crippen LogP contribution < -0.4 is 10.2 Å². The van der Waals surface area contributed by atoms with Crippen molar-refractivity contribution in [1.82, 2.24) is 0 Å². The van der Waals surface area contributed by atoms with Crippen molar-refractivity contribution in [3.8, 4) is 11.5 Å². The zero-order valence-electron chi connectivity index (χ0n) is 15.3. The van der Waals surface area contributed by atoms with E-state index in [4.69, 9.17) is 9.84 Å². The molecule has 0 saturated carbocycles. The molecule has 0 bridgehead atoms. The maximum absolute atomic E-state index is 10.8. The summed E-state index contributed by atoms with van der Waals surface area (Å²) in [7, 11) is 0. The SMILES string of the molecule is O=C(O)COc1ccccc1N/N=C(/N=Nc1ccccc1O)c1ccccc1. The molecule has 3 N–H and O–H groups in total. The van der Waals surface area contributed by atoms with E-state index in [1.165, 1.54) is 6.07 Å². The van der Waals surface area contributed by atoms with E-state index in [-0.39, 0.29) is 11.6 Å². The van der Waals surface area contributed by atoms with Crippen LogP contribution in [0.2, 0.25) is 0 Å². The second kappa shape index (κ2) is 9.65. The highest BCUT2D eigenvalue weighted by atomic mass is 16.5. The Morgan fingerprint density at radius 3 is 2.38 bits per heavy atom. The van der Waals surface area contributed by atoms with E-state index in [0.717, 1.165) is 0 Å². The van der Waals surface area contributed by atoms with E-state index >= 15 is 0 Å². The molecule has 0 aromatic heterocycles. The predicted molar refractivity (Wildman–Crippen MR) is 109 cm³/mol. The van der Waals surface area contributed by atoms with Crippen molar-refractivity contribution in [2.75, 3.05) is 12.0 Å². The van der Waals surface area contributed by atoms with Crippen LogP contribution in [0.4, 0.5) is 11.4 Å². The van der Waals surface area contributed by atoms with Crippen LogP contribution in [0.3, 0.4) is 0 Å². The minimum absolute atomic E-state index is 0.00374. The molecule has 0 atom stereocenters. The number of phenols is 1. The van der Waals surface area contributed by atoms with Crippen molar-refractivity contribution in [2.45, 2.75) is 0 Å². The van der Waals surface area contributed by atoms with Gasteiger partial charge in [-0.05, 0) is 24.3 Å². The number of azo groups is 1. The van der Waals surface area contributed by atoms with E-state index < -0.39 is 12.6 Å². The third-order valence-electron chi connectivity index (χ3n) is 3.69. The number of nitrogens with zero attached hydrogens (tertiary/aromatic N) is 3. The summed E-state index contributed by atoms with van der Waals surface area (Å²) >= 11 is 0. The number of phenolic OH excluding ortho intramolecular Hbond substituents is 1. The molecule has 0 amide bonds. The third-order valence-corrected chi connectivity index (χ3v) is 3.69. The summed E-state index contributed by atoms with van der Waals surface area (Å²) in [6.07, 6.45) is 0. The molecule has 0 aliphatic heterocycles. The summed E-state index contributed by atoms with van der Waals surface area (Å²) in [5.41, 5.74) is 4.32. The highest BCUT2D eigenvalue weighted by Gasteiger charge is 2.07. The number of anilines is 1. The number of nitrogens with one attached hydrogen (secondary N) is 1. The van der Waals surface area contributed by atoms with Crippen molar-refractivity contribution >= 4 is 23.2 Å². The normalized spacial score (nSPS) is 11.4. The van der Waals surface area contributed by atoms with E-state index in [0.29, 0.717) is 22.7 Å². The molecular formula is C21H18N4O4. The second-order valence-corrected chi connectivity index (χ2v) is 5.78. The van der Waals surface area contributed by atoms with Crippen molar-refractivity contribution in [2.24, 2.45) is 15.3 Å². The van der Waals surface area contributed by atoms with Crippen molar-refractivity contribution in [1.29, 1.82) is 0 Å². The molecule has 0 aliphatic carbocycles. The first kappa shape index (κ1) is 19.6. The molecule has 146 valence electrons. The van der Waals surface area contributed by atoms with Gasteiger partial charge < -0.3 is 14.9 Å². The van der Waals surface area contributed by atoms with Gasteiger partial charge in [0.2, 0.25) is 5.84 Å². The molecule has 0 unspecified atom stereocenters. The molecule has 0 heterocycles. The molecule has 3 aromatic rings. The lowest BCUT2D eigenvalue weighted by atomic mass is 10.2. The van der Waals surface area contributed by atoms with E-state index in [1.807, 2.05) is 30.3 Å². The van der Waals surface area contributed by atoms with E-state index in [9.17, 15) is 9.90 Å². The summed E-state index contributed by atoms with van der Waals surface area (Å²) in [6, 6.07) is 22.6.